The molecular weight excluding hydrogens is 314 g/mol. The molecule has 2 aromatic carbocycles. The van der Waals surface area contributed by atoms with Gasteiger partial charge < -0.3 is 4.90 Å². The van der Waals surface area contributed by atoms with Crippen LogP contribution in [0.2, 0.25) is 0 Å². The number of benzene rings is 2. The number of aromatic nitrogens is 2. The lowest BCUT2D eigenvalue weighted by Gasteiger charge is -2.30. The summed E-state index contributed by atoms with van der Waals surface area (Å²) in [5, 5.41) is 0.537. The Morgan fingerprint density at radius 2 is 1.60 bits per heavy atom. The van der Waals surface area contributed by atoms with Crippen LogP contribution in [-0.4, -0.2) is 28.4 Å². The van der Waals surface area contributed by atoms with Crippen LogP contribution in [0, 0.1) is 0 Å². The predicted octanol–water partition coefficient (Wildman–Crippen LogP) is 2.92. The normalized spacial score (nSPS) is 16.2. The van der Waals surface area contributed by atoms with E-state index in [1.54, 1.807) is 12.1 Å². The minimum atomic E-state index is -0.177. The van der Waals surface area contributed by atoms with Crippen LogP contribution in [-0.2, 0) is 0 Å². The summed E-state index contributed by atoms with van der Waals surface area (Å²) in [6, 6.07) is 12.9. The fourth-order valence-corrected chi connectivity index (χ4v) is 3.97. The van der Waals surface area contributed by atoms with Crippen LogP contribution >= 0.6 is 0 Å². The highest BCUT2D eigenvalue weighted by molar-refractivity contribution is 6.16. The Morgan fingerprint density at radius 1 is 0.840 bits per heavy atom. The number of nitrogens with zero attached hydrogens (tertiary/aromatic N) is 3. The van der Waals surface area contributed by atoms with Gasteiger partial charge in [0.15, 0.2) is 5.82 Å². The van der Waals surface area contributed by atoms with Crippen molar-refractivity contribution in [2.24, 2.45) is 0 Å². The highest BCUT2D eigenvalue weighted by atomic mass is 16.1. The quantitative estimate of drug-likeness (QED) is 0.538. The topological polar surface area (TPSA) is 55.2 Å². The number of carbonyl (C=O) groups excluding carboxylic acids is 1. The zero-order chi connectivity index (χ0) is 17.0. The smallest absolute Gasteiger partial charge is 0.266 e. The maximum atomic E-state index is 13.1. The summed E-state index contributed by atoms with van der Waals surface area (Å²) in [4.78, 5) is 32.8. The Balaban J connectivity index is 1.78. The van der Waals surface area contributed by atoms with Gasteiger partial charge in [-0.2, -0.15) is 0 Å². The van der Waals surface area contributed by atoms with E-state index in [2.05, 4.69) is 9.88 Å². The number of fused-ring (bicyclic) bond motifs is 4. The molecule has 3 aromatic rings. The van der Waals surface area contributed by atoms with E-state index in [0.29, 0.717) is 22.2 Å². The maximum Gasteiger partial charge on any atom is 0.266 e. The summed E-state index contributed by atoms with van der Waals surface area (Å²) in [6.07, 6.45) is 3.49. The average Bonchev–Trinajstić information content (AvgIpc) is 2.95. The molecule has 0 atom stereocenters. The highest BCUT2D eigenvalue weighted by Gasteiger charge is 2.34. The van der Waals surface area contributed by atoms with Crippen molar-refractivity contribution >= 4 is 22.4 Å². The molecule has 1 saturated heterocycles. The van der Waals surface area contributed by atoms with Crippen LogP contribution in [0.15, 0.2) is 47.3 Å². The molecule has 5 rings (SSSR count). The number of rotatable bonds is 1. The Kier molecular flexibility index (Phi) is 3.04. The van der Waals surface area contributed by atoms with Crippen molar-refractivity contribution in [3.63, 3.8) is 0 Å². The zero-order valence-corrected chi connectivity index (χ0v) is 13.7. The average molecular weight is 331 g/mol. The van der Waals surface area contributed by atoms with Crippen LogP contribution in [0.4, 0.5) is 5.69 Å². The fourth-order valence-electron chi connectivity index (χ4n) is 3.97. The molecule has 0 N–H and O–H groups in total. The van der Waals surface area contributed by atoms with Gasteiger partial charge in [-0.3, -0.25) is 14.2 Å². The second-order valence-electron chi connectivity index (χ2n) is 6.64. The van der Waals surface area contributed by atoms with Gasteiger partial charge in [0.1, 0.15) is 0 Å². The molecule has 0 amide bonds. The molecule has 5 heteroatoms. The van der Waals surface area contributed by atoms with Crippen molar-refractivity contribution in [3.8, 4) is 5.69 Å². The van der Waals surface area contributed by atoms with Gasteiger partial charge in [-0.1, -0.05) is 18.2 Å². The van der Waals surface area contributed by atoms with Crippen LogP contribution < -0.4 is 10.5 Å². The van der Waals surface area contributed by atoms with Gasteiger partial charge in [-0.25, -0.2) is 4.98 Å². The number of piperidine rings is 1. The fraction of sp³-hybridized carbons (Fsp3) is 0.250. The van der Waals surface area contributed by atoms with E-state index in [0.717, 1.165) is 31.6 Å². The molecule has 2 aliphatic heterocycles. The molecular formula is C20H17N3O2. The van der Waals surface area contributed by atoms with Crippen LogP contribution in [0.3, 0.4) is 0 Å². The van der Waals surface area contributed by atoms with Crippen molar-refractivity contribution < 1.29 is 4.79 Å². The summed E-state index contributed by atoms with van der Waals surface area (Å²) in [7, 11) is 0. The van der Waals surface area contributed by atoms with Crippen molar-refractivity contribution in [2.45, 2.75) is 19.3 Å². The van der Waals surface area contributed by atoms with Gasteiger partial charge in [0.25, 0.3) is 5.56 Å². The van der Waals surface area contributed by atoms with Crippen molar-refractivity contribution in [1.82, 2.24) is 9.55 Å². The third-order valence-electron chi connectivity index (χ3n) is 5.16. The van der Waals surface area contributed by atoms with E-state index in [4.69, 9.17) is 0 Å². The van der Waals surface area contributed by atoms with E-state index >= 15 is 0 Å². The molecule has 0 spiro atoms. The van der Waals surface area contributed by atoms with E-state index in [1.807, 2.05) is 30.3 Å². The standard InChI is InChI=1S/C20H17N3O2/c24-18-17-15(22-11-4-1-5-12-22)9-6-10-16(17)23-19(18)21-14-8-3-2-7-13(14)20(23)25/h2-3,6-10H,1,4-5,11-12H2. The minimum absolute atomic E-state index is 0.154. The molecule has 0 saturated carbocycles. The number of para-hydroxylation sites is 1. The van der Waals surface area contributed by atoms with Crippen LogP contribution in [0.1, 0.15) is 35.4 Å². The lowest BCUT2D eigenvalue weighted by molar-refractivity contribution is 0.103. The van der Waals surface area contributed by atoms with Gasteiger partial charge in [0.2, 0.25) is 5.78 Å². The van der Waals surface area contributed by atoms with E-state index < -0.39 is 0 Å². The van der Waals surface area contributed by atoms with Gasteiger partial charge in [0, 0.05) is 13.1 Å². The second kappa shape index (κ2) is 5.28. The second-order valence-corrected chi connectivity index (χ2v) is 6.64. The van der Waals surface area contributed by atoms with Gasteiger partial charge in [0.05, 0.1) is 27.8 Å². The molecule has 0 bridgehead atoms. The van der Waals surface area contributed by atoms with Crippen LogP contribution in [0.5, 0.6) is 0 Å². The maximum absolute atomic E-state index is 13.1. The molecule has 0 aliphatic carbocycles. The Bertz CT molecular complexity index is 1080. The minimum Gasteiger partial charge on any atom is -0.371 e. The van der Waals surface area contributed by atoms with Gasteiger partial charge >= 0.3 is 0 Å². The molecule has 124 valence electrons. The predicted molar refractivity (Wildman–Crippen MR) is 96.8 cm³/mol. The number of anilines is 1. The number of hydrogen-bond donors (Lipinski definition) is 0. The van der Waals surface area contributed by atoms with Crippen molar-refractivity contribution in [1.29, 1.82) is 0 Å². The first-order chi connectivity index (χ1) is 12.3. The molecule has 1 aromatic heterocycles. The van der Waals surface area contributed by atoms with Crippen molar-refractivity contribution in [2.75, 3.05) is 18.0 Å². The number of carbonyl (C=O) groups is 1. The summed E-state index contributed by atoms with van der Waals surface area (Å²) in [6.45, 7) is 1.90. The molecule has 3 heterocycles. The van der Waals surface area contributed by atoms with Crippen molar-refractivity contribution in [3.05, 3.63) is 64.2 Å². The molecule has 1 fully saturated rings. The SMILES string of the molecule is O=C1c2c(N3CCCCC3)cccc2-n2c1nc1ccccc1c2=O. The first-order valence-corrected chi connectivity index (χ1v) is 8.70. The molecule has 0 radical (unpaired) electrons. The Labute approximate surface area is 144 Å². The van der Waals surface area contributed by atoms with E-state index in [1.165, 1.54) is 11.0 Å². The molecule has 25 heavy (non-hydrogen) atoms. The first-order valence-electron chi connectivity index (χ1n) is 8.70. The third kappa shape index (κ3) is 1.98. The third-order valence-corrected chi connectivity index (χ3v) is 5.16. The highest BCUT2D eigenvalue weighted by Crippen LogP contribution is 2.34. The lowest BCUT2D eigenvalue weighted by Crippen LogP contribution is -2.30. The molecule has 2 aliphatic rings. The first kappa shape index (κ1) is 14.4. The largest absolute Gasteiger partial charge is 0.371 e. The Hall–Kier alpha value is -2.95. The number of hydrogen-bond acceptors (Lipinski definition) is 4. The van der Waals surface area contributed by atoms with E-state index in [-0.39, 0.29) is 17.2 Å². The monoisotopic (exact) mass is 331 g/mol. The molecule has 5 nitrogen and oxygen atoms in total. The summed E-state index contributed by atoms with van der Waals surface area (Å²) in [5.41, 5.74) is 2.59. The van der Waals surface area contributed by atoms with Gasteiger partial charge in [-0.05, 0) is 43.5 Å². The summed E-state index contributed by atoms with van der Waals surface area (Å²) in [5.74, 6) is 0.0715. The Morgan fingerprint density at radius 3 is 2.44 bits per heavy atom. The zero-order valence-electron chi connectivity index (χ0n) is 13.7. The van der Waals surface area contributed by atoms with Gasteiger partial charge in [-0.15, -0.1) is 0 Å². The van der Waals surface area contributed by atoms with Crippen LogP contribution in [0.25, 0.3) is 16.6 Å². The summed E-state index contributed by atoms with van der Waals surface area (Å²) < 4.78 is 1.48. The summed E-state index contributed by atoms with van der Waals surface area (Å²) >= 11 is 0. The van der Waals surface area contributed by atoms with E-state index in [9.17, 15) is 9.59 Å². The molecule has 0 unspecified atom stereocenters. The lowest BCUT2D eigenvalue weighted by atomic mass is 10.0. The number of ketones is 1.